The standard InChI is InChI=1S/C13H23N3O2/c1-6-10-15-11(13(17)18-5)12(14)16(10)7-9(4)8(2)3/h8-9H,6-7,14H2,1-5H3. The average Bonchev–Trinajstić information content (AvgIpc) is 2.65. The molecule has 5 heteroatoms. The van der Waals surface area contributed by atoms with Crippen LogP contribution in [0.1, 0.15) is 44.0 Å². The molecule has 1 heterocycles. The summed E-state index contributed by atoms with van der Waals surface area (Å²) < 4.78 is 6.62. The van der Waals surface area contributed by atoms with E-state index in [2.05, 4.69) is 30.5 Å². The summed E-state index contributed by atoms with van der Waals surface area (Å²) in [6, 6.07) is 0. The predicted octanol–water partition coefficient (Wildman–Crippen LogP) is 2.11. The highest BCUT2D eigenvalue weighted by molar-refractivity contribution is 5.92. The van der Waals surface area contributed by atoms with Crippen LogP contribution in [0.2, 0.25) is 0 Å². The molecule has 0 aromatic carbocycles. The number of hydrogen-bond donors (Lipinski definition) is 1. The summed E-state index contributed by atoms with van der Waals surface area (Å²) in [5, 5.41) is 0. The number of methoxy groups -OCH3 is 1. The molecule has 0 aliphatic rings. The molecule has 1 rings (SSSR count). The van der Waals surface area contributed by atoms with Crippen LogP contribution >= 0.6 is 0 Å². The Kier molecular flexibility index (Phi) is 4.76. The van der Waals surface area contributed by atoms with Crippen molar-refractivity contribution in [2.24, 2.45) is 11.8 Å². The molecule has 0 fully saturated rings. The molecule has 1 atom stereocenters. The van der Waals surface area contributed by atoms with Gasteiger partial charge in [-0.2, -0.15) is 0 Å². The maximum atomic E-state index is 11.6. The first-order chi connectivity index (χ1) is 8.42. The molecule has 18 heavy (non-hydrogen) atoms. The zero-order chi connectivity index (χ0) is 13.9. The third-order valence-electron chi connectivity index (χ3n) is 3.39. The van der Waals surface area contributed by atoms with Gasteiger partial charge in [0.1, 0.15) is 11.6 Å². The van der Waals surface area contributed by atoms with Crippen molar-refractivity contribution in [2.75, 3.05) is 12.8 Å². The largest absolute Gasteiger partial charge is 0.464 e. The molecule has 5 nitrogen and oxygen atoms in total. The van der Waals surface area contributed by atoms with Crippen LogP contribution < -0.4 is 5.73 Å². The summed E-state index contributed by atoms with van der Waals surface area (Å²) in [5.41, 5.74) is 6.23. The van der Waals surface area contributed by atoms with Crippen molar-refractivity contribution in [1.29, 1.82) is 0 Å². The van der Waals surface area contributed by atoms with Gasteiger partial charge in [0.25, 0.3) is 0 Å². The first-order valence-corrected chi connectivity index (χ1v) is 6.35. The van der Waals surface area contributed by atoms with E-state index >= 15 is 0 Å². The lowest BCUT2D eigenvalue weighted by molar-refractivity contribution is 0.0595. The van der Waals surface area contributed by atoms with Crippen LogP contribution in [0, 0.1) is 11.8 Å². The summed E-state index contributed by atoms with van der Waals surface area (Å²) >= 11 is 0. The number of anilines is 1. The van der Waals surface area contributed by atoms with E-state index in [0.717, 1.165) is 18.8 Å². The molecule has 0 aliphatic heterocycles. The number of aromatic nitrogens is 2. The zero-order valence-electron chi connectivity index (χ0n) is 11.9. The molecule has 0 aliphatic carbocycles. The second kappa shape index (κ2) is 5.89. The molecule has 0 spiro atoms. The van der Waals surface area contributed by atoms with Gasteiger partial charge in [0.2, 0.25) is 0 Å². The topological polar surface area (TPSA) is 70.1 Å². The van der Waals surface area contributed by atoms with Crippen LogP contribution in [-0.2, 0) is 17.7 Å². The van der Waals surface area contributed by atoms with Gasteiger partial charge in [0.15, 0.2) is 5.69 Å². The van der Waals surface area contributed by atoms with E-state index < -0.39 is 5.97 Å². The Morgan fingerprint density at radius 3 is 2.50 bits per heavy atom. The molecule has 102 valence electrons. The van der Waals surface area contributed by atoms with Crippen LogP contribution in [-0.4, -0.2) is 22.6 Å². The van der Waals surface area contributed by atoms with Crippen LogP contribution in [0.15, 0.2) is 0 Å². The number of imidazole rings is 1. The number of hydrogen-bond acceptors (Lipinski definition) is 4. The number of aryl methyl sites for hydroxylation is 1. The van der Waals surface area contributed by atoms with E-state index in [1.165, 1.54) is 7.11 Å². The van der Waals surface area contributed by atoms with Gasteiger partial charge in [-0.3, -0.25) is 0 Å². The Balaban J connectivity index is 3.10. The molecule has 2 N–H and O–H groups in total. The molecule has 0 amide bonds. The lowest BCUT2D eigenvalue weighted by Gasteiger charge is -2.18. The van der Waals surface area contributed by atoms with Gasteiger partial charge in [-0.05, 0) is 11.8 Å². The van der Waals surface area contributed by atoms with E-state index in [9.17, 15) is 4.79 Å². The third-order valence-corrected chi connectivity index (χ3v) is 3.39. The number of esters is 1. The molecule has 0 saturated carbocycles. The van der Waals surface area contributed by atoms with Crippen molar-refractivity contribution < 1.29 is 9.53 Å². The molecule has 1 aromatic rings. The number of nitrogens with zero attached hydrogens (tertiary/aromatic N) is 2. The van der Waals surface area contributed by atoms with Crippen molar-refractivity contribution in [3.05, 3.63) is 11.5 Å². The molecule has 1 aromatic heterocycles. The van der Waals surface area contributed by atoms with E-state index in [4.69, 9.17) is 5.73 Å². The summed E-state index contributed by atoms with van der Waals surface area (Å²) in [4.78, 5) is 15.8. The SMILES string of the molecule is CCc1nc(C(=O)OC)c(N)n1CC(C)C(C)C. The Hall–Kier alpha value is -1.52. The van der Waals surface area contributed by atoms with Gasteiger partial charge < -0.3 is 15.0 Å². The maximum absolute atomic E-state index is 11.6. The minimum atomic E-state index is -0.474. The fraction of sp³-hybridized carbons (Fsp3) is 0.692. The normalized spacial score (nSPS) is 12.8. The molecule has 0 bridgehead atoms. The molecule has 0 saturated heterocycles. The molecular weight excluding hydrogens is 230 g/mol. The second-order valence-corrected chi connectivity index (χ2v) is 4.94. The molecule has 1 unspecified atom stereocenters. The van der Waals surface area contributed by atoms with Crippen molar-refractivity contribution in [2.45, 2.75) is 40.7 Å². The number of ether oxygens (including phenoxy) is 1. The lowest BCUT2D eigenvalue weighted by atomic mass is 9.98. The van der Waals surface area contributed by atoms with Crippen molar-refractivity contribution >= 4 is 11.8 Å². The summed E-state index contributed by atoms with van der Waals surface area (Å²) in [6.07, 6.45) is 0.742. The van der Waals surface area contributed by atoms with Gasteiger partial charge in [0, 0.05) is 13.0 Å². The molecular formula is C13H23N3O2. The summed E-state index contributed by atoms with van der Waals surface area (Å²) in [5.74, 6) is 1.79. The van der Waals surface area contributed by atoms with Crippen molar-refractivity contribution in [1.82, 2.24) is 9.55 Å². The zero-order valence-corrected chi connectivity index (χ0v) is 11.9. The van der Waals surface area contributed by atoms with Gasteiger partial charge >= 0.3 is 5.97 Å². The number of nitrogens with two attached hydrogens (primary N) is 1. The minimum Gasteiger partial charge on any atom is -0.464 e. The first kappa shape index (κ1) is 14.5. The fourth-order valence-electron chi connectivity index (χ4n) is 1.73. The van der Waals surface area contributed by atoms with Crippen LogP contribution in [0.25, 0.3) is 0 Å². The Bertz CT molecular complexity index is 424. The minimum absolute atomic E-state index is 0.227. The Labute approximate surface area is 108 Å². The second-order valence-electron chi connectivity index (χ2n) is 4.94. The quantitative estimate of drug-likeness (QED) is 0.816. The van der Waals surface area contributed by atoms with Crippen LogP contribution in [0.5, 0.6) is 0 Å². The first-order valence-electron chi connectivity index (χ1n) is 6.35. The average molecular weight is 253 g/mol. The van der Waals surface area contributed by atoms with E-state index in [1.807, 2.05) is 11.5 Å². The summed E-state index contributed by atoms with van der Waals surface area (Å²) in [6.45, 7) is 9.28. The Morgan fingerprint density at radius 2 is 2.06 bits per heavy atom. The Morgan fingerprint density at radius 1 is 1.44 bits per heavy atom. The van der Waals surface area contributed by atoms with Crippen molar-refractivity contribution in [3.63, 3.8) is 0 Å². The lowest BCUT2D eigenvalue weighted by Crippen LogP contribution is -2.17. The number of rotatable bonds is 5. The van der Waals surface area contributed by atoms with Gasteiger partial charge in [-0.1, -0.05) is 27.7 Å². The highest BCUT2D eigenvalue weighted by Gasteiger charge is 2.21. The summed E-state index contributed by atoms with van der Waals surface area (Å²) in [7, 11) is 1.34. The van der Waals surface area contributed by atoms with E-state index in [1.54, 1.807) is 0 Å². The fourth-order valence-corrected chi connectivity index (χ4v) is 1.73. The third kappa shape index (κ3) is 2.83. The maximum Gasteiger partial charge on any atom is 0.360 e. The van der Waals surface area contributed by atoms with Crippen LogP contribution in [0.3, 0.4) is 0 Å². The van der Waals surface area contributed by atoms with E-state index in [-0.39, 0.29) is 5.69 Å². The highest BCUT2D eigenvalue weighted by atomic mass is 16.5. The van der Waals surface area contributed by atoms with Gasteiger partial charge in [-0.25, -0.2) is 9.78 Å². The van der Waals surface area contributed by atoms with E-state index in [0.29, 0.717) is 17.7 Å². The number of carbonyl (C=O) groups excluding carboxylic acids is 1. The van der Waals surface area contributed by atoms with Gasteiger partial charge in [0.05, 0.1) is 7.11 Å². The van der Waals surface area contributed by atoms with Crippen LogP contribution in [0.4, 0.5) is 5.82 Å². The van der Waals surface area contributed by atoms with Crippen molar-refractivity contribution in [3.8, 4) is 0 Å². The predicted molar refractivity (Wildman–Crippen MR) is 71.4 cm³/mol. The van der Waals surface area contributed by atoms with Gasteiger partial charge in [-0.15, -0.1) is 0 Å². The highest BCUT2D eigenvalue weighted by Crippen LogP contribution is 2.21. The molecule has 0 radical (unpaired) electrons. The monoisotopic (exact) mass is 253 g/mol. The smallest absolute Gasteiger partial charge is 0.360 e. The number of nitrogen functional groups attached to an aromatic ring is 1. The number of carbonyl (C=O) groups is 1.